The van der Waals surface area contributed by atoms with E-state index >= 15 is 0 Å². The van der Waals surface area contributed by atoms with Crippen molar-refractivity contribution >= 4 is 26.8 Å². The van der Waals surface area contributed by atoms with Gasteiger partial charge in [-0.15, -0.1) is 0 Å². The fourth-order valence-corrected chi connectivity index (χ4v) is 2.46. The number of rotatable bonds is 0. The Labute approximate surface area is 58.6 Å². The van der Waals surface area contributed by atoms with Crippen LogP contribution in [0.2, 0.25) is 0 Å². The van der Waals surface area contributed by atoms with E-state index < -0.39 is 9.84 Å². The fraction of sp³-hybridized carbons (Fsp3) is 0.750. The zero-order valence-electron chi connectivity index (χ0n) is 4.99. The number of sulfone groups is 1. The molecule has 0 amide bonds. The molecule has 0 saturated carbocycles. The number of hydrogen-bond donors (Lipinski definition) is 0. The van der Waals surface area contributed by atoms with E-state index in [0.717, 1.165) is 5.75 Å². The van der Waals surface area contributed by atoms with E-state index in [0.29, 0.717) is 11.5 Å². The maximum atomic E-state index is 10.7. The van der Waals surface area contributed by atoms with Crippen LogP contribution >= 0.6 is 11.9 Å². The van der Waals surface area contributed by atoms with Crippen LogP contribution in [-0.4, -0.2) is 25.5 Å². The van der Waals surface area contributed by atoms with Gasteiger partial charge >= 0.3 is 0 Å². The topological polar surface area (TPSA) is 46.5 Å². The van der Waals surface area contributed by atoms with E-state index in [-0.39, 0.29) is 0 Å². The van der Waals surface area contributed by atoms with Gasteiger partial charge in [0.2, 0.25) is 0 Å². The summed E-state index contributed by atoms with van der Waals surface area (Å²) in [6.45, 7) is 0. The van der Waals surface area contributed by atoms with Gasteiger partial charge in [0.15, 0.2) is 9.84 Å². The van der Waals surface area contributed by atoms with Crippen LogP contribution in [0.5, 0.6) is 0 Å². The minimum atomic E-state index is -2.97. The summed E-state index contributed by atoms with van der Waals surface area (Å²) >= 11 is 1.32. The largest absolute Gasteiger partial charge is 0.223 e. The highest BCUT2D eigenvalue weighted by atomic mass is 32.2. The molecule has 1 aliphatic rings. The van der Waals surface area contributed by atoms with E-state index in [4.69, 9.17) is 0 Å². The lowest BCUT2D eigenvalue weighted by atomic mass is 10.5. The SMILES string of the molecule is CS(=O)(=O)C1=NSCC1. The fourth-order valence-electron chi connectivity index (χ4n) is 0.549. The lowest BCUT2D eigenvalue weighted by Gasteiger charge is -1.90. The number of nitrogens with zero attached hydrogens (tertiary/aromatic N) is 1. The van der Waals surface area contributed by atoms with Crippen molar-refractivity contribution in [3.63, 3.8) is 0 Å². The molecule has 1 heterocycles. The van der Waals surface area contributed by atoms with Crippen molar-refractivity contribution in [2.24, 2.45) is 4.40 Å². The maximum Gasteiger partial charge on any atom is 0.189 e. The summed E-state index contributed by atoms with van der Waals surface area (Å²) in [5, 5.41) is 0.340. The summed E-state index contributed by atoms with van der Waals surface area (Å²) in [5.41, 5.74) is 0. The van der Waals surface area contributed by atoms with Crippen LogP contribution in [0.3, 0.4) is 0 Å². The van der Waals surface area contributed by atoms with Gasteiger partial charge in [0.05, 0.1) is 0 Å². The van der Waals surface area contributed by atoms with E-state index in [1.165, 1.54) is 18.2 Å². The van der Waals surface area contributed by atoms with Gasteiger partial charge in [-0.25, -0.2) is 12.8 Å². The molecular formula is C4H7NO2S2. The van der Waals surface area contributed by atoms with Crippen molar-refractivity contribution in [2.75, 3.05) is 12.0 Å². The summed E-state index contributed by atoms with van der Waals surface area (Å²) in [6.07, 6.45) is 1.79. The molecule has 0 fully saturated rings. The minimum absolute atomic E-state index is 0.340. The molecule has 1 rings (SSSR count). The van der Waals surface area contributed by atoms with Gasteiger partial charge in [0.1, 0.15) is 5.04 Å². The van der Waals surface area contributed by atoms with Crippen molar-refractivity contribution in [1.82, 2.24) is 0 Å². The Morgan fingerprint density at radius 3 is 2.56 bits per heavy atom. The van der Waals surface area contributed by atoms with Crippen molar-refractivity contribution in [2.45, 2.75) is 6.42 Å². The van der Waals surface area contributed by atoms with Crippen LogP contribution in [-0.2, 0) is 9.84 Å². The molecule has 3 nitrogen and oxygen atoms in total. The van der Waals surface area contributed by atoms with E-state index in [9.17, 15) is 8.42 Å². The first-order valence-electron chi connectivity index (χ1n) is 2.49. The van der Waals surface area contributed by atoms with Crippen molar-refractivity contribution in [1.29, 1.82) is 0 Å². The molecule has 0 aromatic heterocycles. The molecule has 0 N–H and O–H groups in total. The summed E-state index contributed by atoms with van der Waals surface area (Å²) in [7, 11) is -2.97. The van der Waals surface area contributed by atoms with Crippen LogP contribution in [0.4, 0.5) is 0 Å². The van der Waals surface area contributed by atoms with Crippen molar-refractivity contribution < 1.29 is 8.42 Å². The molecular weight excluding hydrogens is 158 g/mol. The third-order valence-electron chi connectivity index (χ3n) is 1.00. The number of hydrogen-bond acceptors (Lipinski definition) is 4. The molecule has 0 radical (unpaired) electrons. The van der Waals surface area contributed by atoms with Gasteiger partial charge in [-0.2, -0.15) is 0 Å². The molecule has 0 unspecified atom stereocenters. The molecule has 9 heavy (non-hydrogen) atoms. The Bertz CT molecular complexity index is 229. The summed E-state index contributed by atoms with van der Waals surface area (Å²) in [4.78, 5) is 0. The van der Waals surface area contributed by atoms with Crippen LogP contribution < -0.4 is 0 Å². The smallest absolute Gasteiger partial charge is 0.189 e. The molecule has 0 saturated heterocycles. The molecule has 0 aliphatic carbocycles. The molecule has 0 aromatic carbocycles. The normalized spacial score (nSPS) is 19.9. The maximum absolute atomic E-state index is 10.7. The molecule has 1 aliphatic heterocycles. The van der Waals surface area contributed by atoms with Crippen molar-refractivity contribution in [3.05, 3.63) is 0 Å². The second-order valence-corrected chi connectivity index (χ2v) is 4.71. The van der Waals surface area contributed by atoms with Gasteiger partial charge in [0.25, 0.3) is 0 Å². The Morgan fingerprint density at radius 1 is 1.67 bits per heavy atom. The quantitative estimate of drug-likeness (QED) is 0.490. The zero-order chi connectivity index (χ0) is 6.91. The predicted molar refractivity (Wildman–Crippen MR) is 39.4 cm³/mol. The van der Waals surface area contributed by atoms with Gasteiger partial charge < -0.3 is 0 Å². The van der Waals surface area contributed by atoms with Crippen LogP contribution in [0.15, 0.2) is 4.40 Å². The standard InChI is InChI=1S/C4H7NO2S2/c1-9(6,7)4-2-3-8-5-4/h2-3H2,1H3. The average molecular weight is 165 g/mol. The molecule has 0 aromatic rings. The second kappa shape index (κ2) is 2.30. The van der Waals surface area contributed by atoms with Crippen molar-refractivity contribution in [3.8, 4) is 0 Å². The second-order valence-electron chi connectivity index (χ2n) is 1.84. The lowest BCUT2D eigenvalue weighted by Crippen LogP contribution is -2.09. The molecule has 0 spiro atoms. The lowest BCUT2D eigenvalue weighted by molar-refractivity contribution is 0.612. The molecule has 5 heteroatoms. The zero-order valence-corrected chi connectivity index (χ0v) is 6.63. The monoisotopic (exact) mass is 165 g/mol. The highest BCUT2D eigenvalue weighted by molar-refractivity contribution is 8.08. The summed E-state index contributed by atoms with van der Waals surface area (Å²) < 4.78 is 25.1. The van der Waals surface area contributed by atoms with Gasteiger partial charge in [0, 0.05) is 18.4 Å². The van der Waals surface area contributed by atoms with Gasteiger partial charge in [-0.3, -0.25) is 0 Å². The predicted octanol–water partition coefficient (Wildman–Crippen LogP) is 0.481. The summed E-state index contributed by atoms with van der Waals surface area (Å²) in [5.74, 6) is 0.808. The average Bonchev–Trinajstić information content (AvgIpc) is 2.08. The molecule has 0 atom stereocenters. The van der Waals surface area contributed by atoms with Gasteiger partial charge in [-0.1, -0.05) is 0 Å². The Morgan fingerprint density at radius 2 is 2.33 bits per heavy atom. The third-order valence-corrected chi connectivity index (χ3v) is 3.00. The van der Waals surface area contributed by atoms with E-state index in [2.05, 4.69) is 4.40 Å². The Hall–Kier alpha value is -0.0300. The van der Waals surface area contributed by atoms with Crippen LogP contribution in [0.1, 0.15) is 6.42 Å². The van der Waals surface area contributed by atoms with E-state index in [1.807, 2.05) is 0 Å². The van der Waals surface area contributed by atoms with Crippen LogP contribution in [0, 0.1) is 0 Å². The first-order chi connectivity index (χ1) is 4.11. The molecule has 52 valence electrons. The van der Waals surface area contributed by atoms with Crippen LogP contribution in [0.25, 0.3) is 0 Å². The summed E-state index contributed by atoms with van der Waals surface area (Å²) in [6, 6.07) is 0. The minimum Gasteiger partial charge on any atom is -0.223 e. The van der Waals surface area contributed by atoms with E-state index in [1.54, 1.807) is 0 Å². The first kappa shape index (κ1) is 7.08. The van der Waals surface area contributed by atoms with Gasteiger partial charge in [-0.05, 0) is 11.9 Å². The highest BCUT2D eigenvalue weighted by Crippen LogP contribution is 2.17. The Kier molecular flexibility index (Phi) is 1.81. The third kappa shape index (κ3) is 1.69. The molecule has 0 bridgehead atoms. The highest BCUT2D eigenvalue weighted by Gasteiger charge is 2.16. The first-order valence-corrected chi connectivity index (χ1v) is 5.33. The Balaban J connectivity index is 2.87.